The molecule has 3 N–H and O–H groups in total. The Morgan fingerprint density at radius 2 is 2.12 bits per heavy atom. The number of rotatable bonds is 4. The second-order valence-electron chi connectivity index (χ2n) is 3.04. The van der Waals surface area contributed by atoms with E-state index in [2.05, 4.69) is 5.32 Å². The normalized spacial score (nSPS) is 10.6. The lowest BCUT2D eigenvalue weighted by Gasteiger charge is -2.04. The van der Waals surface area contributed by atoms with Gasteiger partial charge in [0.05, 0.1) is 5.56 Å². The summed E-state index contributed by atoms with van der Waals surface area (Å²) in [5, 5.41) is 21.0. The van der Waals surface area contributed by atoms with Crippen molar-refractivity contribution < 1.29 is 15.0 Å². The Bertz CT molecular complexity index is 404. The summed E-state index contributed by atoms with van der Waals surface area (Å²) >= 11 is 5.41. The fourth-order valence-electron chi connectivity index (χ4n) is 1.11. The molecule has 16 heavy (non-hydrogen) atoms. The highest BCUT2D eigenvalue weighted by atomic mass is 35.5. The van der Waals surface area contributed by atoms with E-state index in [0.717, 1.165) is 6.07 Å². The van der Waals surface area contributed by atoms with Crippen LogP contribution in [0.15, 0.2) is 30.4 Å². The van der Waals surface area contributed by atoms with Crippen LogP contribution in [0, 0.1) is 0 Å². The second kappa shape index (κ2) is 6.02. The molecule has 0 aliphatic carbocycles. The smallest absolute Gasteiger partial charge is 0.255 e. The number of nitrogens with one attached hydrogen (secondary N) is 1. The predicted octanol–water partition coefficient (Wildman–Crippen LogP) is 1.62. The van der Waals surface area contributed by atoms with Gasteiger partial charge in [-0.2, -0.15) is 0 Å². The number of allylic oxidation sites excluding steroid dienone is 1. The summed E-state index contributed by atoms with van der Waals surface area (Å²) in [5.41, 5.74) is 0.122. The maximum absolute atomic E-state index is 11.5. The van der Waals surface area contributed by atoms with Crippen LogP contribution in [0.3, 0.4) is 0 Å². The van der Waals surface area contributed by atoms with Crippen LogP contribution in [0.5, 0.6) is 11.5 Å². The number of benzene rings is 1. The molecule has 0 bridgehead atoms. The number of phenolic OH excluding ortho intramolecular Hbond substituents is 2. The molecule has 0 aliphatic heterocycles. The molecule has 0 atom stereocenters. The topological polar surface area (TPSA) is 69.6 Å². The van der Waals surface area contributed by atoms with Gasteiger partial charge < -0.3 is 15.5 Å². The zero-order valence-corrected chi connectivity index (χ0v) is 9.24. The van der Waals surface area contributed by atoms with Gasteiger partial charge in [0.1, 0.15) is 11.5 Å². The maximum atomic E-state index is 11.5. The molecule has 1 aromatic rings. The molecule has 0 heterocycles. The van der Waals surface area contributed by atoms with Crippen LogP contribution in [0.4, 0.5) is 0 Å². The lowest BCUT2D eigenvalue weighted by atomic mass is 10.2. The van der Waals surface area contributed by atoms with Crippen LogP contribution in [-0.2, 0) is 0 Å². The molecule has 0 aliphatic rings. The Kier molecular flexibility index (Phi) is 4.66. The van der Waals surface area contributed by atoms with E-state index in [1.807, 2.05) is 0 Å². The van der Waals surface area contributed by atoms with Crippen molar-refractivity contribution in [1.82, 2.24) is 5.32 Å². The Hall–Kier alpha value is -1.68. The van der Waals surface area contributed by atoms with Crippen molar-refractivity contribution in [1.29, 1.82) is 0 Å². The van der Waals surface area contributed by atoms with E-state index in [9.17, 15) is 9.90 Å². The van der Waals surface area contributed by atoms with Crippen molar-refractivity contribution in [2.75, 3.05) is 12.4 Å². The van der Waals surface area contributed by atoms with Gasteiger partial charge in [0.25, 0.3) is 5.91 Å². The van der Waals surface area contributed by atoms with Crippen molar-refractivity contribution in [3.05, 3.63) is 35.9 Å². The van der Waals surface area contributed by atoms with E-state index in [4.69, 9.17) is 16.7 Å². The van der Waals surface area contributed by atoms with Gasteiger partial charge in [-0.05, 0) is 12.1 Å². The van der Waals surface area contributed by atoms with E-state index in [-0.39, 0.29) is 17.1 Å². The number of carbonyl (C=O) groups excluding carboxylic acids is 1. The van der Waals surface area contributed by atoms with Gasteiger partial charge in [-0.3, -0.25) is 4.79 Å². The summed E-state index contributed by atoms with van der Waals surface area (Å²) in [5.74, 6) is -0.355. The van der Waals surface area contributed by atoms with Gasteiger partial charge >= 0.3 is 0 Å². The first kappa shape index (κ1) is 12.4. The quantitative estimate of drug-likeness (QED) is 0.554. The van der Waals surface area contributed by atoms with Crippen LogP contribution in [0.1, 0.15) is 10.4 Å². The molecule has 0 saturated heterocycles. The maximum Gasteiger partial charge on any atom is 0.255 e. The summed E-state index contributed by atoms with van der Waals surface area (Å²) in [6.07, 6.45) is 3.42. The molecule has 1 amide bonds. The van der Waals surface area contributed by atoms with E-state index in [1.165, 1.54) is 12.1 Å². The number of hydrogen-bond donors (Lipinski definition) is 3. The third-order valence-electron chi connectivity index (χ3n) is 1.86. The fourth-order valence-corrected chi connectivity index (χ4v) is 1.23. The van der Waals surface area contributed by atoms with E-state index >= 15 is 0 Å². The predicted molar refractivity (Wildman–Crippen MR) is 62.0 cm³/mol. The number of aromatic hydroxyl groups is 2. The number of alkyl halides is 1. The highest BCUT2D eigenvalue weighted by molar-refractivity contribution is 6.18. The first-order chi connectivity index (χ1) is 7.65. The number of amides is 1. The average Bonchev–Trinajstić information content (AvgIpc) is 2.24. The number of halogens is 1. The minimum atomic E-state index is -0.406. The minimum absolute atomic E-state index is 0.0870. The minimum Gasteiger partial charge on any atom is -0.508 e. The SMILES string of the molecule is O=C(NC/C=C/CCl)c1ccc(O)cc1O. The van der Waals surface area contributed by atoms with E-state index < -0.39 is 5.91 Å². The van der Waals surface area contributed by atoms with Gasteiger partial charge in [-0.25, -0.2) is 0 Å². The van der Waals surface area contributed by atoms with Gasteiger partial charge in [0.2, 0.25) is 0 Å². The van der Waals surface area contributed by atoms with E-state index in [0.29, 0.717) is 12.4 Å². The molecule has 86 valence electrons. The zero-order chi connectivity index (χ0) is 12.0. The van der Waals surface area contributed by atoms with Crippen molar-refractivity contribution in [2.24, 2.45) is 0 Å². The average molecular weight is 242 g/mol. The fraction of sp³-hybridized carbons (Fsp3) is 0.182. The summed E-state index contributed by atoms with van der Waals surface area (Å²) in [7, 11) is 0. The number of hydrogen-bond acceptors (Lipinski definition) is 3. The van der Waals surface area contributed by atoms with E-state index in [1.54, 1.807) is 12.2 Å². The van der Waals surface area contributed by atoms with Crippen molar-refractivity contribution in [2.45, 2.75) is 0 Å². The number of carbonyl (C=O) groups is 1. The molecule has 0 saturated carbocycles. The van der Waals surface area contributed by atoms with Crippen LogP contribution < -0.4 is 5.32 Å². The van der Waals surface area contributed by atoms with Crippen LogP contribution in [0.25, 0.3) is 0 Å². The molecule has 0 fully saturated rings. The third-order valence-corrected chi connectivity index (χ3v) is 2.04. The summed E-state index contributed by atoms with van der Waals surface area (Å²) in [6.45, 7) is 0.339. The van der Waals surface area contributed by atoms with Crippen LogP contribution in [0.2, 0.25) is 0 Å². The third kappa shape index (κ3) is 3.47. The van der Waals surface area contributed by atoms with Crippen LogP contribution >= 0.6 is 11.6 Å². The van der Waals surface area contributed by atoms with Gasteiger partial charge in [0.15, 0.2) is 0 Å². The molecule has 4 nitrogen and oxygen atoms in total. The molecule has 1 rings (SSSR count). The second-order valence-corrected chi connectivity index (χ2v) is 3.35. The zero-order valence-electron chi connectivity index (χ0n) is 8.48. The van der Waals surface area contributed by atoms with Crippen LogP contribution in [-0.4, -0.2) is 28.5 Å². The Morgan fingerprint density at radius 3 is 2.75 bits per heavy atom. The molecule has 0 spiro atoms. The number of phenols is 2. The molecule has 5 heteroatoms. The molecular weight excluding hydrogens is 230 g/mol. The first-order valence-corrected chi connectivity index (χ1v) is 5.19. The Morgan fingerprint density at radius 1 is 1.38 bits per heavy atom. The monoisotopic (exact) mass is 241 g/mol. The van der Waals surface area contributed by atoms with Crippen molar-refractivity contribution in [3.63, 3.8) is 0 Å². The van der Waals surface area contributed by atoms with Gasteiger partial charge in [-0.15, -0.1) is 11.6 Å². The largest absolute Gasteiger partial charge is 0.508 e. The highest BCUT2D eigenvalue weighted by Gasteiger charge is 2.09. The lowest BCUT2D eigenvalue weighted by Crippen LogP contribution is -2.23. The molecule has 0 unspecified atom stereocenters. The summed E-state index contributed by atoms with van der Waals surface area (Å²) in [6, 6.07) is 3.80. The highest BCUT2D eigenvalue weighted by Crippen LogP contribution is 2.22. The molecular formula is C11H12ClNO3. The Labute approximate surface area is 98.2 Å². The Balaban J connectivity index is 2.63. The summed E-state index contributed by atoms with van der Waals surface area (Å²) < 4.78 is 0. The first-order valence-electron chi connectivity index (χ1n) is 4.66. The lowest BCUT2D eigenvalue weighted by molar-refractivity contribution is 0.0955. The molecule has 0 radical (unpaired) electrons. The standard InChI is InChI=1S/C11H12ClNO3/c12-5-1-2-6-13-11(16)9-4-3-8(14)7-10(9)15/h1-4,7,14-15H,5-6H2,(H,13,16)/b2-1+. The van der Waals surface area contributed by atoms with Crippen molar-refractivity contribution in [3.8, 4) is 11.5 Å². The van der Waals surface area contributed by atoms with Gasteiger partial charge in [0, 0.05) is 18.5 Å². The molecule has 1 aromatic carbocycles. The van der Waals surface area contributed by atoms with Gasteiger partial charge in [-0.1, -0.05) is 12.2 Å². The van der Waals surface area contributed by atoms with Crippen molar-refractivity contribution >= 4 is 17.5 Å². The summed E-state index contributed by atoms with van der Waals surface area (Å²) in [4.78, 5) is 11.5. The molecule has 0 aromatic heterocycles.